The highest BCUT2D eigenvalue weighted by atomic mass is 35.5. The van der Waals surface area contributed by atoms with E-state index in [0.29, 0.717) is 37.4 Å². The molecule has 0 fully saturated rings. The molecule has 3 aromatic carbocycles. The summed E-state index contributed by atoms with van der Waals surface area (Å²) in [6.07, 6.45) is 0. The van der Waals surface area contributed by atoms with Crippen molar-refractivity contribution in [1.29, 1.82) is 0 Å². The molecule has 0 radical (unpaired) electrons. The summed E-state index contributed by atoms with van der Waals surface area (Å²) in [6.45, 7) is 4.07. The number of thiocarbonyl (C=S) groups is 1. The highest BCUT2D eigenvalue weighted by Crippen LogP contribution is 2.28. The van der Waals surface area contributed by atoms with Gasteiger partial charge in [-0.05, 0) is 80.2 Å². The molecule has 0 aliphatic carbocycles. The van der Waals surface area contributed by atoms with E-state index in [0.717, 1.165) is 5.56 Å². The summed E-state index contributed by atoms with van der Waals surface area (Å²) in [5.41, 5.74) is 2.86. The number of aryl methyl sites for hydroxylation is 1. The Balaban J connectivity index is 1.93. The first-order chi connectivity index (χ1) is 16.2. The maximum Gasteiger partial charge on any atom is 0.338 e. The fourth-order valence-electron chi connectivity index (χ4n) is 3.15. The largest absolute Gasteiger partial charge is 0.462 e. The molecule has 1 amide bonds. The van der Waals surface area contributed by atoms with Gasteiger partial charge in [-0.1, -0.05) is 46.9 Å². The van der Waals surface area contributed by atoms with Gasteiger partial charge in [0, 0.05) is 21.3 Å². The molecule has 0 aliphatic heterocycles. The summed E-state index contributed by atoms with van der Waals surface area (Å²) in [5.74, 6) is -0.881. The predicted octanol–water partition coefficient (Wildman–Crippen LogP) is 6.85. The second kappa shape index (κ2) is 11.7. The first-order valence-corrected chi connectivity index (χ1v) is 11.8. The number of carbonyl (C=O) groups is 2. The van der Waals surface area contributed by atoms with Crippen LogP contribution in [-0.4, -0.2) is 23.6 Å². The Hall–Kier alpha value is -2.64. The third kappa shape index (κ3) is 6.27. The van der Waals surface area contributed by atoms with Gasteiger partial charge in [-0.15, -0.1) is 0 Å². The van der Waals surface area contributed by atoms with Crippen molar-refractivity contribution in [3.8, 4) is 0 Å². The van der Waals surface area contributed by atoms with Crippen molar-refractivity contribution in [3.63, 3.8) is 0 Å². The first-order valence-electron chi connectivity index (χ1n) is 10.3. The second-order valence-corrected chi connectivity index (χ2v) is 8.90. The maximum absolute atomic E-state index is 12.9. The smallest absolute Gasteiger partial charge is 0.338 e. The van der Waals surface area contributed by atoms with Crippen molar-refractivity contribution in [2.24, 2.45) is 0 Å². The molecule has 0 heterocycles. The van der Waals surface area contributed by atoms with Gasteiger partial charge < -0.3 is 9.64 Å². The number of nitrogens with one attached hydrogen (secondary N) is 1. The third-order valence-corrected chi connectivity index (χ3v) is 6.25. The minimum Gasteiger partial charge on any atom is -0.462 e. The fraction of sp³-hybridized carbons (Fsp3) is 0.160. The Morgan fingerprint density at radius 2 is 1.62 bits per heavy atom. The van der Waals surface area contributed by atoms with Gasteiger partial charge in [-0.2, -0.15) is 0 Å². The molecule has 0 saturated heterocycles. The van der Waals surface area contributed by atoms with E-state index in [4.69, 9.17) is 51.8 Å². The van der Waals surface area contributed by atoms with E-state index in [9.17, 15) is 9.59 Å². The Labute approximate surface area is 218 Å². The van der Waals surface area contributed by atoms with E-state index in [1.807, 2.05) is 6.92 Å². The molecule has 1 N–H and O–H groups in total. The molecule has 0 spiro atoms. The zero-order valence-electron chi connectivity index (χ0n) is 18.4. The van der Waals surface area contributed by atoms with E-state index in [1.165, 1.54) is 0 Å². The Kier molecular flexibility index (Phi) is 8.91. The predicted molar refractivity (Wildman–Crippen MR) is 141 cm³/mol. The number of amides is 1. The van der Waals surface area contributed by atoms with Crippen LogP contribution in [0.3, 0.4) is 0 Å². The Morgan fingerprint density at radius 1 is 0.971 bits per heavy atom. The van der Waals surface area contributed by atoms with Crippen LogP contribution in [0.1, 0.15) is 38.8 Å². The van der Waals surface area contributed by atoms with Gasteiger partial charge in [0.25, 0.3) is 5.91 Å². The average Bonchev–Trinajstić information content (AvgIpc) is 2.79. The van der Waals surface area contributed by atoms with E-state index in [1.54, 1.807) is 72.5 Å². The maximum atomic E-state index is 12.9. The summed E-state index contributed by atoms with van der Waals surface area (Å²) in [6, 6.07) is 17.0. The molecule has 3 rings (SSSR count). The van der Waals surface area contributed by atoms with Gasteiger partial charge in [-0.25, -0.2) is 4.79 Å². The van der Waals surface area contributed by atoms with Crippen LogP contribution >= 0.6 is 47.0 Å². The van der Waals surface area contributed by atoms with Gasteiger partial charge in [-0.3, -0.25) is 10.1 Å². The molecule has 0 aliphatic rings. The fourth-order valence-corrected chi connectivity index (χ4v) is 4.25. The number of esters is 1. The lowest BCUT2D eigenvalue weighted by molar-refractivity contribution is 0.0526. The molecule has 176 valence electrons. The minimum absolute atomic E-state index is 0.113. The number of rotatable bonds is 6. The van der Waals surface area contributed by atoms with Gasteiger partial charge in [0.15, 0.2) is 5.11 Å². The number of ether oxygens (including phenoxy) is 1. The lowest BCUT2D eigenvalue weighted by Gasteiger charge is -2.27. The highest BCUT2D eigenvalue weighted by molar-refractivity contribution is 7.80. The van der Waals surface area contributed by atoms with Crippen LogP contribution in [0.2, 0.25) is 15.1 Å². The van der Waals surface area contributed by atoms with Crippen molar-refractivity contribution in [2.45, 2.75) is 20.4 Å². The van der Waals surface area contributed by atoms with Gasteiger partial charge in [0.1, 0.15) is 0 Å². The number of anilines is 1. The molecule has 3 aromatic rings. The summed E-state index contributed by atoms with van der Waals surface area (Å²) in [5, 5.41) is 4.07. The Morgan fingerprint density at radius 3 is 2.21 bits per heavy atom. The van der Waals surface area contributed by atoms with Crippen molar-refractivity contribution in [3.05, 3.63) is 98.0 Å². The summed E-state index contributed by atoms with van der Waals surface area (Å²) < 4.78 is 5.04. The first kappa shape index (κ1) is 26.0. The molecule has 9 heteroatoms. The molecule has 0 atom stereocenters. The molecule has 5 nitrogen and oxygen atoms in total. The third-order valence-electron chi connectivity index (χ3n) is 4.90. The van der Waals surface area contributed by atoms with Crippen LogP contribution in [0.5, 0.6) is 0 Å². The van der Waals surface area contributed by atoms with Crippen LogP contribution < -0.4 is 10.2 Å². The standard InChI is InChI=1S/C25H21Cl3N2O3S/c1-3-33-24(32)16-8-10-17(11-9-16)30(14-19-20(26)5-4-6-21(19)27)25(34)29-23(31)18-12-7-15(2)13-22(18)28/h4-13H,3,14H2,1-2H3,(H,29,31,34). The highest BCUT2D eigenvalue weighted by Gasteiger charge is 2.20. The summed E-state index contributed by atoms with van der Waals surface area (Å²) in [7, 11) is 0. The van der Waals surface area contributed by atoms with Crippen molar-refractivity contribution < 1.29 is 14.3 Å². The number of halogens is 3. The number of carbonyl (C=O) groups excluding carboxylic acids is 2. The van der Waals surface area contributed by atoms with Crippen molar-refractivity contribution in [1.82, 2.24) is 5.32 Å². The molecule has 0 saturated carbocycles. The van der Waals surface area contributed by atoms with Gasteiger partial charge >= 0.3 is 5.97 Å². The molecular formula is C25H21Cl3N2O3S. The van der Waals surface area contributed by atoms with E-state index in [2.05, 4.69) is 5.32 Å². The van der Waals surface area contributed by atoms with E-state index < -0.39 is 11.9 Å². The van der Waals surface area contributed by atoms with Crippen molar-refractivity contribution >= 4 is 69.7 Å². The van der Waals surface area contributed by atoms with E-state index >= 15 is 0 Å². The number of nitrogens with zero attached hydrogens (tertiary/aromatic N) is 1. The quantitative estimate of drug-likeness (QED) is 0.276. The lowest BCUT2D eigenvalue weighted by atomic mass is 10.1. The molecule has 0 unspecified atom stereocenters. The monoisotopic (exact) mass is 534 g/mol. The summed E-state index contributed by atoms with van der Waals surface area (Å²) >= 11 is 24.6. The molecule has 0 aromatic heterocycles. The van der Waals surface area contributed by atoms with Crippen LogP contribution in [0.4, 0.5) is 5.69 Å². The van der Waals surface area contributed by atoms with Crippen molar-refractivity contribution in [2.75, 3.05) is 11.5 Å². The molecule has 0 bridgehead atoms. The van der Waals surface area contributed by atoms with Crippen LogP contribution in [0, 0.1) is 6.92 Å². The SMILES string of the molecule is CCOC(=O)c1ccc(N(Cc2c(Cl)cccc2Cl)C(=S)NC(=O)c2ccc(C)cc2Cl)cc1. The zero-order valence-corrected chi connectivity index (χ0v) is 21.5. The zero-order chi connectivity index (χ0) is 24.8. The van der Waals surface area contributed by atoms with Crippen LogP contribution in [-0.2, 0) is 11.3 Å². The van der Waals surface area contributed by atoms with Crippen LogP contribution in [0.15, 0.2) is 60.7 Å². The van der Waals surface area contributed by atoms with E-state index in [-0.39, 0.29) is 18.3 Å². The summed E-state index contributed by atoms with van der Waals surface area (Å²) in [4.78, 5) is 26.6. The number of benzene rings is 3. The average molecular weight is 536 g/mol. The van der Waals surface area contributed by atoms with Crippen LogP contribution in [0.25, 0.3) is 0 Å². The molecular weight excluding hydrogens is 515 g/mol. The number of hydrogen-bond acceptors (Lipinski definition) is 4. The number of hydrogen-bond donors (Lipinski definition) is 1. The topological polar surface area (TPSA) is 58.6 Å². The molecule has 34 heavy (non-hydrogen) atoms. The second-order valence-electron chi connectivity index (χ2n) is 7.30. The normalized spacial score (nSPS) is 10.5. The van der Waals surface area contributed by atoms with Gasteiger partial charge in [0.05, 0.1) is 29.3 Å². The lowest BCUT2D eigenvalue weighted by Crippen LogP contribution is -2.42. The minimum atomic E-state index is -0.451. The Bertz CT molecular complexity index is 1210. The van der Waals surface area contributed by atoms with Gasteiger partial charge in [0.2, 0.25) is 0 Å².